The Bertz CT molecular complexity index is 394. The van der Waals surface area contributed by atoms with Crippen molar-refractivity contribution >= 4 is 11.8 Å². The van der Waals surface area contributed by atoms with Gasteiger partial charge in [-0.25, -0.2) is 0 Å². The number of rotatable bonds is 2. The first-order valence-electron chi connectivity index (χ1n) is 6.24. The van der Waals surface area contributed by atoms with Gasteiger partial charge >= 0.3 is 5.97 Å². The fourth-order valence-electron chi connectivity index (χ4n) is 3.24. The third-order valence-electron chi connectivity index (χ3n) is 4.01. The highest BCUT2D eigenvalue weighted by Gasteiger charge is 2.61. The smallest absolute Gasteiger partial charge is 0.316 e. The van der Waals surface area contributed by atoms with Gasteiger partial charge in [-0.15, -0.1) is 0 Å². The predicted octanol–water partition coefficient (Wildman–Crippen LogP) is -0.369. The van der Waals surface area contributed by atoms with Crippen LogP contribution < -0.4 is 0 Å². The topological polar surface area (TPSA) is 82.1 Å². The highest BCUT2D eigenvalue weighted by molar-refractivity contribution is 6.00. The summed E-state index contributed by atoms with van der Waals surface area (Å²) in [5.74, 6) is -1.94. The fourth-order valence-corrected chi connectivity index (χ4v) is 3.24. The van der Waals surface area contributed by atoms with Gasteiger partial charge in [0, 0.05) is 12.3 Å². The second-order valence-electron chi connectivity index (χ2n) is 5.18. The van der Waals surface area contributed by atoms with Crippen molar-refractivity contribution in [1.29, 1.82) is 0 Å². The molecule has 100 valence electrons. The SMILES string of the molecule is CCOC(=O)[C@@H]1C(=O)C[C@]2(O)C[C@@H]1[C@H]1CO[C@@H]2O1. The van der Waals surface area contributed by atoms with Gasteiger partial charge in [0.05, 0.1) is 19.3 Å². The number of ketones is 1. The molecule has 1 aliphatic carbocycles. The summed E-state index contributed by atoms with van der Waals surface area (Å²) < 4.78 is 15.8. The van der Waals surface area contributed by atoms with E-state index in [1.165, 1.54) is 0 Å². The monoisotopic (exact) mass is 256 g/mol. The molecule has 18 heavy (non-hydrogen) atoms. The first-order valence-corrected chi connectivity index (χ1v) is 6.24. The van der Waals surface area contributed by atoms with Crippen LogP contribution in [0.1, 0.15) is 19.8 Å². The Morgan fingerprint density at radius 1 is 1.61 bits per heavy atom. The molecule has 0 aromatic carbocycles. The number of hydrogen-bond donors (Lipinski definition) is 1. The Morgan fingerprint density at radius 3 is 3.11 bits per heavy atom. The summed E-state index contributed by atoms with van der Waals surface area (Å²) in [6, 6.07) is 0. The average molecular weight is 256 g/mol. The van der Waals surface area contributed by atoms with E-state index in [2.05, 4.69) is 0 Å². The molecule has 0 radical (unpaired) electrons. The molecule has 3 aliphatic rings. The Hall–Kier alpha value is -0.980. The molecule has 0 aromatic rings. The van der Waals surface area contributed by atoms with Crippen LogP contribution in [0.15, 0.2) is 0 Å². The number of hydrogen-bond acceptors (Lipinski definition) is 6. The van der Waals surface area contributed by atoms with Crippen molar-refractivity contribution in [3.8, 4) is 0 Å². The van der Waals surface area contributed by atoms with Gasteiger partial charge in [-0.1, -0.05) is 0 Å². The van der Waals surface area contributed by atoms with Crippen LogP contribution in [0, 0.1) is 11.8 Å². The molecule has 2 aliphatic heterocycles. The van der Waals surface area contributed by atoms with E-state index in [9.17, 15) is 14.7 Å². The second-order valence-corrected chi connectivity index (χ2v) is 5.18. The number of fused-ring (bicyclic) bond motifs is 6. The summed E-state index contributed by atoms with van der Waals surface area (Å²) in [6.45, 7) is 2.26. The van der Waals surface area contributed by atoms with E-state index >= 15 is 0 Å². The molecular weight excluding hydrogens is 240 g/mol. The van der Waals surface area contributed by atoms with E-state index in [-0.39, 0.29) is 30.8 Å². The van der Waals surface area contributed by atoms with E-state index < -0.39 is 23.8 Å². The number of aliphatic hydroxyl groups is 1. The summed E-state index contributed by atoms with van der Waals surface area (Å²) in [4.78, 5) is 23.9. The molecule has 3 rings (SSSR count). The maximum absolute atomic E-state index is 12.1. The van der Waals surface area contributed by atoms with E-state index in [0.717, 1.165) is 0 Å². The van der Waals surface area contributed by atoms with Crippen LogP contribution in [0.4, 0.5) is 0 Å². The normalized spacial score (nSPS) is 46.0. The van der Waals surface area contributed by atoms with Crippen molar-refractivity contribution in [2.75, 3.05) is 13.2 Å². The van der Waals surface area contributed by atoms with Gasteiger partial charge in [0.1, 0.15) is 11.5 Å². The quantitative estimate of drug-likeness (QED) is 0.536. The minimum atomic E-state index is -1.28. The minimum Gasteiger partial charge on any atom is -0.465 e. The zero-order chi connectivity index (χ0) is 12.9. The first kappa shape index (κ1) is 12.1. The Labute approximate surface area is 104 Å². The molecule has 6 nitrogen and oxygen atoms in total. The van der Waals surface area contributed by atoms with Crippen molar-refractivity contribution in [3.63, 3.8) is 0 Å². The van der Waals surface area contributed by atoms with Gasteiger partial charge in [-0.05, 0) is 13.3 Å². The first-order chi connectivity index (χ1) is 8.55. The van der Waals surface area contributed by atoms with Gasteiger partial charge in [-0.3, -0.25) is 9.59 Å². The van der Waals surface area contributed by atoms with Crippen LogP contribution in [-0.4, -0.2) is 48.1 Å². The number of esters is 1. The van der Waals surface area contributed by atoms with Crippen LogP contribution in [0.5, 0.6) is 0 Å². The van der Waals surface area contributed by atoms with Gasteiger partial charge in [-0.2, -0.15) is 0 Å². The second kappa shape index (κ2) is 4.01. The molecule has 0 spiro atoms. The third-order valence-corrected chi connectivity index (χ3v) is 4.01. The van der Waals surface area contributed by atoms with Crippen molar-refractivity contribution in [3.05, 3.63) is 0 Å². The summed E-state index contributed by atoms with van der Waals surface area (Å²) in [7, 11) is 0. The molecule has 0 unspecified atom stereocenters. The Kier molecular flexibility index (Phi) is 2.69. The van der Waals surface area contributed by atoms with Crippen LogP contribution in [0.3, 0.4) is 0 Å². The lowest BCUT2D eigenvalue weighted by molar-refractivity contribution is -0.242. The lowest BCUT2D eigenvalue weighted by atomic mass is 9.67. The van der Waals surface area contributed by atoms with E-state index in [1.807, 2.05) is 0 Å². The number of carbonyl (C=O) groups is 2. The Morgan fingerprint density at radius 2 is 2.39 bits per heavy atom. The van der Waals surface area contributed by atoms with E-state index in [1.54, 1.807) is 6.92 Å². The molecule has 3 fully saturated rings. The summed E-state index contributed by atoms with van der Waals surface area (Å²) >= 11 is 0. The maximum atomic E-state index is 12.1. The van der Waals surface area contributed by atoms with Gasteiger partial charge in [0.2, 0.25) is 0 Å². The minimum absolute atomic E-state index is 0.107. The zero-order valence-electron chi connectivity index (χ0n) is 10.1. The van der Waals surface area contributed by atoms with Crippen LogP contribution in [-0.2, 0) is 23.8 Å². The van der Waals surface area contributed by atoms with Gasteiger partial charge in [0.25, 0.3) is 0 Å². The molecule has 6 heteroatoms. The zero-order valence-corrected chi connectivity index (χ0v) is 10.1. The highest BCUT2D eigenvalue weighted by atomic mass is 16.7. The van der Waals surface area contributed by atoms with Gasteiger partial charge in [0.15, 0.2) is 12.1 Å². The molecule has 0 amide bonds. The molecular formula is C12H16O6. The highest BCUT2D eigenvalue weighted by Crippen LogP contribution is 2.48. The number of Topliss-reactive ketones (excluding diaryl/α,β-unsaturated/α-hetero) is 1. The van der Waals surface area contributed by atoms with Crippen molar-refractivity contribution in [2.45, 2.75) is 37.8 Å². The number of ether oxygens (including phenoxy) is 3. The molecule has 1 saturated carbocycles. The summed E-state index contributed by atoms with van der Waals surface area (Å²) in [5.41, 5.74) is -1.28. The standard InChI is InChI=1S/C12H16O6/c1-2-16-10(14)9-6-3-12(15,4-7(9)13)11-17-5-8(6)18-11/h6,8-9,11,15H,2-5H2,1H3/t6-,8-,9+,11-,12-/m1/s1. The van der Waals surface area contributed by atoms with Crippen LogP contribution in [0.25, 0.3) is 0 Å². The molecule has 1 N–H and O–H groups in total. The van der Waals surface area contributed by atoms with Crippen molar-refractivity contribution in [1.82, 2.24) is 0 Å². The molecule has 2 heterocycles. The summed E-state index contributed by atoms with van der Waals surface area (Å²) in [5, 5.41) is 10.4. The number of carbonyl (C=O) groups excluding carboxylic acids is 2. The van der Waals surface area contributed by atoms with Crippen LogP contribution >= 0.6 is 0 Å². The van der Waals surface area contributed by atoms with Gasteiger partial charge < -0.3 is 19.3 Å². The lowest BCUT2D eigenvalue weighted by Gasteiger charge is -2.46. The predicted molar refractivity (Wildman–Crippen MR) is 57.4 cm³/mol. The van der Waals surface area contributed by atoms with Crippen LogP contribution in [0.2, 0.25) is 0 Å². The lowest BCUT2D eigenvalue weighted by Crippen LogP contribution is -2.59. The van der Waals surface area contributed by atoms with Crippen molar-refractivity contribution < 1.29 is 28.9 Å². The fraction of sp³-hybridized carbons (Fsp3) is 0.833. The summed E-state index contributed by atoms with van der Waals surface area (Å²) in [6.07, 6.45) is -0.776. The van der Waals surface area contributed by atoms with E-state index in [0.29, 0.717) is 13.0 Å². The Balaban J connectivity index is 1.89. The maximum Gasteiger partial charge on any atom is 0.316 e. The van der Waals surface area contributed by atoms with Crippen molar-refractivity contribution in [2.24, 2.45) is 11.8 Å². The third kappa shape index (κ3) is 1.60. The van der Waals surface area contributed by atoms with E-state index in [4.69, 9.17) is 14.2 Å². The largest absolute Gasteiger partial charge is 0.465 e. The average Bonchev–Trinajstić information content (AvgIpc) is 2.73. The molecule has 5 atom stereocenters. The molecule has 0 aromatic heterocycles. The molecule has 2 saturated heterocycles. The molecule has 4 bridgehead atoms.